The Morgan fingerprint density at radius 1 is 0.909 bits per heavy atom. The first-order valence-corrected chi connectivity index (χ1v) is 15.0. The zero-order valence-electron chi connectivity index (χ0n) is 22.3. The summed E-state index contributed by atoms with van der Waals surface area (Å²) in [4.78, 5) is 41.5. The molecule has 1 aliphatic heterocycles. The minimum Gasteiger partial charge on any atom is -0.493 e. The summed E-state index contributed by atoms with van der Waals surface area (Å²) in [6.07, 6.45) is 1.67. The number of amides is 1. The SMILES string of the molecule is COc1cc(/C=C2\SC(=Nc3ccc(Cl)cc3)N(c3ccc(Cl)cc3)C2=O)cc(I)c1Oc1ccc([N+](=O)[O-])cc1[N+](=O)[O-]. The van der Waals surface area contributed by atoms with Gasteiger partial charge in [0.15, 0.2) is 16.7 Å². The third kappa shape index (κ3) is 6.80. The lowest BCUT2D eigenvalue weighted by Gasteiger charge is -2.15. The molecule has 0 radical (unpaired) electrons. The van der Waals surface area contributed by atoms with Gasteiger partial charge in [-0.2, -0.15) is 0 Å². The number of methoxy groups -OCH3 is 1. The third-order valence-corrected chi connectivity index (χ3v) is 8.33. The number of non-ortho nitro benzene ring substituents is 1. The maximum atomic E-state index is 13.7. The maximum Gasteiger partial charge on any atom is 0.318 e. The van der Waals surface area contributed by atoms with Gasteiger partial charge < -0.3 is 9.47 Å². The first-order valence-electron chi connectivity index (χ1n) is 12.4. The molecule has 4 aromatic carbocycles. The highest BCUT2D eigenvalue weighted by atomic mass is 127. The molecule has 0 aliphatic carbocycles. The normalized spacial score (nSPS) is 14.7. The summed E-state index contributed by atoms with van der Waals surface area (Å²) in [5.41, 5.74) is 0.729. The van der Waals surface area contributed by atoms with Gasteiger partial charge in [0, 0.05) is 16.1 Å². The molecule has 4 aromatic rings. The molecule has 44 heavy (non-hydrogen) atoms. The first-order chi connectivity index (χ1) is 21.0. The molecule has 15 heteroatoms. The Balaban J connectivity index is 1.52. The second kappa shape index (κ2) is 13.2. The van der Waals surface area contributed by atoms with E-state index in [1.165, 1.54) is 23.8 Å². The second-order valence-corrected chi connectivity index (χ2v) is 11.9. The molecule has 0 spiro atoms. The van der Waals surface area contributed by atoms with Crippen LogP contribution in [0.25, 0.3) is 6.08 Å². The first kappa shape index (κ1) is 31.3. The fraction of sp³-hybridized carbons (Fsp3) is 0.0345. The molecule has 1 amide bonds. The molecule has 222 valence electrons. The van der Waals surface area contributed by atoms with Gasteiger partial charge in [0.1, 0.15) is 0 Å². The zero-order valence-corrected chi connectivity index (χ0v) is 26.8. The number of anilines is 1. The second-order valence-electron chi connectivity index (χ2n) is 8.90. The fourth-order valence-corrected chi connectivity index (χ4v) is 6.01. The zero-order chi connectivity index (χ0) is 31.5. The van der Waals surface area contributed by atoms with Crippen LogP contribution in [0.2, 0.25) is 10.0 Å². The Labute approximate surface area is 277 Å². The Kier molecular flexibility index (Phi) is 9.39. The van der Waals surface area contributed by atoms with E-state index in [1.807, 2.05) is 22.6 Å². The van der Waals surface area contributed by atoms with Gasteiger partial charge in [-0.1, -0.05) is 23.2 Å². The van der Waals surface area contributed by atoms with Crippen LogP contribution < -0.4 is 14.4 Å². The minimum absolute atomic E-state index is 0.158. The van der Waals surface area contributed by atoms with Gasteiger partial charge in [-0.15, -0.1) is 0 Å². The summed E-state index contributed by atoms with van der Waals surface area (Å²) in [5.74, 6) is -0.145. The predicted octanol–water partition coefficient (Wildman–Crippen LogP) is 9.02. The van der Waals surface area contributed by atoms with Gasteiger partial charge in [-0.3, -0.25) is 29.9 Å². The molecule has 0 bridgehead atoms. The van der Waals surface area contributed by atoms with Crippen LogP contribution in [-0.2, 0) is 4.79 Å². The van der Waals surface area contributed by atoms with Crippen molar-refractivity contribution >= 4 is 97.5 Å². The van der Waals surface area contributed by atoms with Gasteiger partial charge in [0.05, 0.1) is 42.9 Å². The van der Waals surface area contributed by atoms with Gasteiger partial charge in [-0.25, -0.2) is 4.99 Å². The van der Waals surface area contributed by atoms with E-state index in [0.717, 1.165) is 18.2 Å². The molecule has 0 atom stereocenters. The molecule has 11 nitrogen and oxygen atoms in total. The number of hydrogen-bond acceptors (Lipinski definition) is 9. The Morgan fingerprint density at radius 3 is 2.18 bits per heavy atom. The van der Waals surface area contributed by atoms with Crippen LogP contribution >= 0.6 is 57.6 Å². The number of amidine groups is 1. The molecule has 0 aromatic heterocycles. The van der Waals surface area contributed by atoms with Crippen LogP contribution in [0.5, 0.6) is 17.2 Å². The number of hydrogen-bond donors (Lipinski definition) is 0. The quantitative estimate of drug-likeness (QED) is 0.0751. The summed E-state index contributed by atoms with van der Waals surface area (Å²) in [6.45, 7) is 0. The maximum absolute atomic E-state index is 13.7. The summed E-state index contributed by atoms with van der Waals surface area (Å²) >= 11 is 15.2. The lowest BCUT2D eigenvalue weighted by atomic mass is 10.1. The monoisotopic (exact) mass is 762 g/mol. The van der Waals surface area contributed by atoms with Crippen molar-refractivity contribution < 1.29 is 24.1 Å². The van der Waals surface area contributed by atoms with Crippen LogP contribution in [0.15, 0.2) is 88.8 Å². The van der Waals surface area contributed by atoms with Crippen molar-refractivity contribution in [3.63, 3.8) is 0 Å². The van der Waals surface area contributed by atoms with Crippen molar-refractivity contribution in [2.45, 2.75) is 0 Å². The minimum atomic E-state index is -0.765. The van der Waals surface area contributed by atoms with E-state index in [-0.39, 0.29) is 23.2 Å². The van der Waals surface area contributed by atoms with Gasteiger partial charge in [0.2, 0.25) is 5.75 Å². The number of thioether (sulfide) groups is 1. The number of nitro groups is 2. The van der Waals surface area contributed by atoms with Gasteiger partial charge in [-0.05, 0) is 113 Å². The van der Waals surface area contributed by atoms with E-state index in [4.69, 9.17) is 32.7 Å². The largest absolute Gasteiger partial charge is 0.493 e. The number of nitrogens with zero attached hydrogens (tertiary/aromatic N) is 4. The molecule has 1 heterocycles. The average molecular weight is 763 g/mol. The highest BCUT2D eigenvalue weighted by Crippen LogP contribution is 2.43. The van der Waals surface area contributed by atoms with E-state index in [2.05, 4.69) is 4.99 Å². The molecule has 0 unspecified atom stereocenters. The summed E-state index contributed by atoms with van der Waals surface area (Å²) < 4.78 is 11.9. The van der Waals surface area contributed by atoms with E-state index in [1.54, 1.807) is 66.7 Å². The Hall–Kier alpha value is -4.18. The highest BCUT2D eigenvalue weighted by Gasteiger charge is 2.35. The number of nitro benzene ring substituents is 2. The topological polar surface area (TPSA) is 137 Å². The lowest BCUT2D eigenvalue weighted by molar-refractivity contribution is -0.394. The number of carbonyl (C=O) groups is 1. The molecular weight excluding hydrogens is 746 g/mol. The number of aliphatic imine (C=N–C) groups is 1. The van der Waals surface area contributed by atoms with Crippen LogP contribution in [0.4, 0.5) is 22.7 Å². The van der Waals surface area contributed by atoms with Gasteiger partial charge in [0.25, 0.3) is 11.6 Å². The van der Waals surface area contributed by atoms with Crippen LogP contribution in [0.3, 0.4) is 0 Å². The van der Waals surface area contributed by atoms with Crippen molar-refractivity contribution in [1.82, 2.24) is 0 Å². The molecule has 0 saturated carbocycles. The number of halogens is 3. The van der Waals surface area contributed by atoms with E-state index < -0.39 is 21.2 Å². The number of ether oxygens (including phenoxy) is 2. The van der Waals surface area contributed by atoms with Crippen LogP contribution in [0, 0.1) is 23.8 Å². The number of carbonyl (C=O) groups excluding carboxylic acids is 1. The fourth-order valence-electron chi connectivity index (χ4n) is 4.02. The predicted molar refractivity (Wildman–Crippen MR) is 179 cm³/mol. The number of rotatable bonds is 8. The Morgan fingerprint density at radius 2 is 1.57 bits per heavy atom. The van der Waals surface area contributed by atoms with Crippen LogP contribution in [-0.4, -0.2) is 28.0 Å². The van der Waals surface area contributed by atoms with Crippen molar-refractivity contribution in [2.24, 2.45) is 4.99 Å². The van der Waals surface area contributed by atoms with Crippen molar-refractivity contribution in [3.05, 3.63) is 123 Å². The van der Waals surface area contributed by atoms with Crippen LogP contribution in [0.1, 0.15) is 5.56 Å². The third-order valence-electron chi connectivity index (χ3n) is 6.05. The summed E-state index contributed by atoms with van der Waals surface area (Å²) in [6, 6.07) is 20.1. The van der Waals surface area contributed by atoms with E-state index in [0.29, 0.717) is 40.6 Å². The van der Waals surface area contributed by atoms with E-state index in [9.17, 15) is 25.0 Å². The molecule has 1 aliphatic rings. The molecule has 5 rings (SSSR count). The smallest absolute Gasteiger partial charge is 0.318 e. The van der Waals surface area contributed by atoms with Crippen molar-refractivity contribution in [3.8, 4) is 17.2 Å². The summed E-state index contributed by atoms with van der Waals surface area (Å²) in [5, 5.41) is 24.2. The molecule has 1 saturated heterocycles. The van der Waals surface area contributed by atoms with Crippen molar-refractivity contribution in [2.75, 3.05) is 12.0 Å². The summed E-state index contributed by atoms with van der Waals surface area (Å²) in [7, 11) is 1.40. The average Bonchev–Trinajstić information content (AvgIpc) is 3.29. The van der Waals surface area contributed by atoms with Gasteiger partial charge >= 0.3 is 5.69 Å². The highest BCUT2D eigenvalue weighted by molar-refractivity contribution is 14.1. The standard InChI is InChI=1S/C29H17Cl2IN4O7S/c1-42-25-13-16(12-22(32)27(25)43-24-11-10-21(35(38)39)15-23(24)36(40)41)14-26-28(37)34(20-8-4-18(31)5-9-20)29(44-26)33-19-6-2-17(30)3-7-19/h2-15H,1H3/b26-14-,33-29?. The van der Waals surface area contributed by atoms with Crippen molar-refractivity contribution in [1.29, 1.82) is 0 Å². The lowest BCUT2D eigenvalue weighted by Crippen LogP contribution is -2.28. The Bertz CT molecular complexity index is 1870. The molecule has 0 N–H and O–H groups in total. The van der Waals surface area contributed by atoms with E-state index >= 15 is 0 Å². The number of benzene rings is 4. The molecule has 1 fully saturated rings. The molecular formula is C29H17Cl2IN4O7S.